The van der Waals surface area contributed by atoms with Crippen molar-refractivity contribution in [3.63, 3.8) is 0 Å². The van der Waals surface area contributed by atoms with Gasteiger partial charge in [0.05, 0.1) is 5.02 Å². The van der Waals surface area contributed by atoms with Gasteiger partial charge in [-0.2, -0.15) is 0 Å². The van der Waals surface area contributed by atoms with Crippen molar-refractivity contribution in [3.05, 3.63) is 34.6 Å². The van der Waals surface area contributed by atoms with Gasteiger partial charge >= 0.3 is 0 Å². The summed E-state index contributed by atoms with van der Waals surface area (Å²) in [5.74, 6) is 5.30. The van der Waals surface area contributed by atoms with Crippen molar-refractivity contribution in [2.45, 2.75) is 6.92 Å². The molecule has 0 radical (unpaired) electrons. The summed E-state index contributed by atoms with van der Waals surface area (Å²) in [5, 5.41) is 0.0570. The summed E-state index contributed by atoms with van der Waals surface area (Å²) < 4.78 is 12.8. The summed E-state index contributed by atoms with van der Waals surface area (Å²) in [5.41, 5.74) is 3.10. The summed E-state index contributed by atoms with van der Waals surface area (Å²) in [6.45, 7) is 2.47. The molecule has 0 atom stereocenters. The number of nitrogens with zero attached hydrogens (tertiary/aromatic N) is 1. The van der Waals surface area contributed by atoms with Crippen LogP contribution in [0.5, 0.6) is 0 Å². The first-order valence-corrected chi connectivity index (χ1v) is 4.53. The van der Waals surface area contributed by atoms with Crippen molar-refractivity contribution in [2.24, 2.45) is 10.8 Å². The monoisotopic (exact) mass is 215 g/mol. The molecule has 3 N–H and O–H groups in total. The van der Waals surface area contributed by atoms with E-state index in [1.165, 1.54) is 12.1 Å². The van der Waals surface area contributed by atoms with Gasteiger partial charge in [0.15, 0.2) is 0 Å². The van der Waals surface area contributed by atoms with Gasteiger partial charge in [-0.25, -0.2) is 10.2 Å². The molecule has 0 saturated carbocycles. The molecule has 0 spiro atoms. The van der Waals surface area contributed by atoms with Crippen LogP contribution < -0.4 is 11.3 Å². The number of nitrogens with two attached hydrogens (primary N) is 1. The molecule has 76 valence electrons. The van der Waals surface area contributed by atoms with E-state index in [-0.39, 0.29) is 5.02 Å². The van der Waals surface area contributed by atoms with Crippen molar-refractivity contribution in [3.8, 4) is 0 Å². The molecule has 0 aliphatic carbocycles. The predicted molar refractivity (Wildman–Crippen MR) is 55.8 cm³/mol. The van der Waals surface area contributed by atoms with E-state index in [1.807, 2.05) is 6.92 Å². The zero-order chi connectivity index (χ0) is 10.6. The maximum absolute atomic E-state index is 12.8. The maximum atomic E-state index is 12.8. The largest absolute Gasteiger partial charge is 0.308 e. The average Bonchev–Trinajstić information content (AvgIpc) is 2.19. The molecule has 0 heterocycles. The fourth-order valence-corrected chi connectivity index (χ4v) is 1.20. The van der Waals surface area contributed by atoms with Gasteiger partial charge in [-0.15, -0.1) is 0 Å². The van der Waals surface area contributed by atoms with E-state index in [0.29, 0.717) is 17.9 Å². The van der Waals surface area contributed by atoms with Crippen molar-refractivity contribution >= 4 is 17.4 Å². The van der Waals surface area contributed by atoms with Crippen molar-refractivity contribution < 1.29 is 4.39 Å². The van der Waals surface area contributed by atoms with Crippen LogP contribution in [0.3, 0.4) is 0 Å². The van der Waals surface area contributed by atoms with E-state index in [1.54, 1.807) is 6.07 Å². The summed E-state index contributed by atoms with van der Waals surface area (Å²) >= 11 is 5.62. The van der Waals surface area contributed by atoms with E-state index in [9.17, 15) is 4.39 Å². The Hall–Kier alpha value is -1.13. The van der Waals surface area contributed by atoms with Gasteiger partial charge in [0.1, 0.15) is 11.7 Å². The SMILES string of the molecule is CCN=C(NN)c1ccc(F)c(Cl)c1. The van der Waals surface area contributed by atoms with Gasteiger partial charge < -0.3 is 5.43 Å². The lowest BCUT2D eigenvalue weighted by Crippen LogP contribution is -2.31. The Morgan fingerprint density at radius 3 is 2.86 bits per heavy atom. The Morgan fingerprint density at radius 2 is 2.36 bits per heavy atom. The second-order valence-corrected chi connectivity index (χ2v) is 3.00. The third-order valence-corrected chi connectivity index (χ3v) is 1.94. The van der Waals surface area contributed by atoms with E-state index in [4.69, 9.17) is 17.4 Å². The molecular formula is C9H11ClFN3. The molecule has 14 heavy (non-hydrogen) atoms. The lowest BCUT2D eigenvalue weighted by Gasteiger charge is -2.05. The Kier molecular flexibility index (Phi) is 3.85. The smallest absolute Gasteiger partial charge is 0.142 e. The van der Waals surface area contributed by atoms with Crippen LogP contribution in [0.15, 0.2) is 23.2 Å². The van der Waals surface area contributed by atoms with Crippen LogP contribution in [-0.4, -0.2) is 12.4 Å². The van der Waals surface area contributed by atoms with Crippen molar-refractivity contribution in [1.82, 2.24) is 5.43 Å². The molecule has 5 heteroatoms. The number of hydrazine groups is 1. The molecule has 0 aliphatic heterocycles. The number of halogens is 2. The summed E-state index contributed by atoms with van der Waals surface area (Å²) in [4.78, 5) is 4.08. The van der Waals surface area contributed by atoms with E-state index < -0.39 is 5.82 Å². The van der Waals surface area contributed by atoms with Gasteiger partial charge in [-0.1, -0.05) is 11.6 Å². The van der Waals surface area contributed by atoms with Crippen molar-refractivity contribution in [1.29, 1.82) is 0 Å². The molecule has 0 aliphatic rings. The molecule has 1 rings (SSSR count). The average molecular weight is 216 g/mol. The first-order valence-electron chi connectivity index (χ1n) is 4.15. The number of nitrogens with one attached hydrogen (secondary N) is 1. The molecule has 0 fully saturated rings. The maximum Gasteiger partial charge on any atom is 0.142 e. The van der Waals surface area contributed by atoms with Crippen LogP contribution in [0, 0.1) is 5.82 Å². The van der Waals surface area contributed by atoms with E-state index >= 15 is 0 Å². The van der Waals surface area contributed by atoms with Crippen LogP contribution >= 0.6 is 11.6 Å². The number of amidine groups is 1. The number of benzene rings is 1. The third kappa shape index (κ3) is 2.43. The van der Waals surface area contributed by atoms with Gasteiger partial charge in [0, 0.05) is 12.1 Å². The summed E-state index contributed by atoms with van der Waals surface area (Å²) in [6, 6.07) is 4.32. The molecule has 0 saturated heterocycles. The molecule has 1 aromatic rings. The zero-order valence-electron chi connectivity index (χ0n) is 7.72. The first kappa shape index (κ1) is 10.9. The summed E-state index contributed by atoms with van der Waals surface area (Å²) in [7, 11) is 0. The Labute approximate surface area is 86.8 Å². The number of rotatable bonds is 2. The summed E-state index contributed by atoms with van der Waals surface area (Å²) in [6.07, 6.45) is 0. The highest BCUT2D eigenvalue weighted by Crippen LogP contribution is 2.15. The van der Waals surface area contributed by atoms with Crippen LogP contribution in [0.1, 0.15) is 12.5 Å². The standard InChI is InChI=1S/C9H11ClFN3/c1-2-13-9(14-12)6-3-4-8(11)7(10)5-6/h3-5H,2,12H2,1H3,(H,13,14). The molecule has 0 bridgehead atoms. The zero-order valence-corrected chi connectivity index (χ0v) is 8.48. The Balaban J connectivity index is 3.06. The van der Waals surface area contributed by atoms with Gasteiger partial charge in [-0.05, 0) is 25.1 Å². The second kappa shape index (κ2) is 4.93. The van der Waals surface area contributed by atoms with Crippen LogP contribution in [0.4, 0.5) is 4.39 Å². The van der Waals surface area contributed by atoms with E-state index in [2.05, 4.69) is 10.4 Å². The molecule has 0 aromatic heterocycles. The fourth-order valence-electron chi connectivity index (χ4n) is 1.02. The quantitative estimate of drug-likeness (QED) is 0.342. The molecule has 0 amide bonds. The van der Waals surface area contributed by atoms with Crippen molar-refractivity contribution in [2.75, 3.05) is 6.54 Å². The Morgan fingerprint density at radius 1 is 1.64 bits per heavy atom. The number of hydrogen-bond acceptors (Lipinski definition) is 2. The van der Waals surface area contributed by atoms with E-state index in [0.717, 1.165) is 0 Å². The predicted octanol–water partition coefficient (Wildman–Crippen LogP) is 1.71. The highest BCUT2D eigenvalue weighted by molar-refractivity contribution is 6.31. The molecule has 1 aromatic carbocycles. The highest BCUT2D eigenvalue weighted by atomic mass is 35.5. The first-order chi connectivity index (χ1) is 6.69. The van der Waals surface area contributed by atoms with Gasteiger partial charge in [0.25, 0.3) is 0 Å². The minimum atomic E-state index is -0.455. The molecule has 0 unspecified atom stereocenters. The third-order valence-electron chi connectivity index (χ3n) is 1.65. The van der Waals surface area contributed by atoms with Crippen LogP contribution in [0.2, 0.25) is 5.02 Å². The minimum absolute atomic E-state index is 0.0570. The minimum Gasteiger partial charge on any atom is -0.308 e. The normalized spacial score (nSPS) is 11.6. The lowest BCUT2D eigenvalue weighted by molar-refractivity contribution is 0.628. The van der Waals surface area contributed by atoms with Gasteiger partial charge in [0.2, 0.25) is 0 Å². The molecule has 3 nitrogen and oxygen atoms in total. The highest BCUT2D eigenvalue weighted by Gasteiger charge is 2.04. The topological polar surface area (TPSA) is 50.4 Å². The fraction of sp³-hybridized carbons (Fsp3) is 0.222. The lowest BCUT2D eigenvalue weighted by atomic mass is 10.2. The molecular weight excluding hydrogens is 205 g/mol. The second-order valence-electron chi connectivity index (χ2n) is 2.60. The van der Waals surface area contributed by atoms with Crippen LogP contribution in [-0.2, 0) is 0 Å². The number of hydrogen-bond donors (Lipinski definition) is 2. The Bertz CT molecular complexity index is 352. The number of aliphatic imine (C=N–C) groups is 1. The van der Waals surface area contributed by atoms with Gasteiger partial charge in [-0.3, -0.25) is 4.99 Å². The van der Waals surface area contributed by atoms with Crippen LogP contribution in [0.25, 0.3) is 0 Å².